The smallest absolute Gasteiger partial charge is 0.302 e. The van der Waals surface area contributed by atoms with Crippen molar-refractivity contribution in [3.63, 3.8) is 0 Å². The van der Waals surface area contributed by atoms with E-state index >= 15 is 0 Å². The van der Waals surface area contributed by atoms with Crippen LogP contribution in [0, 0.1) is 0 Å². The molecule has 0 fully saturated rings. The molecule has 0 heterocycles. The highest BCUT2D eigenvalue weighted by atomic mass is 16.5. The van der Waals surface area contributed by atoms with E-state index in [9.17, 15) is 14.4 Å². The topological polar surface area (TPSA) is 60.4 Å². The largest absolute Gasteiger partial charge is 0.469 e. The molecule has 0 atom stereocenters. The Morgan fingerprint density at radius 1 is 0.733 bits per heavy atom. The molecule has 0 saturated carbocycles. The summed E-state index contributed by atoms with van der Waals surface area (Å²) in [4.78, 5) is 28.5. The van der Waals surface area contributed by atoms with Gasteiger partial charge < -0.3 is 14.3 Å². The number of hydrogen-bond donors (Lipinski definition) is 0. The van der Waals surface area contributed by atoms with Crippen LogP contribution >= 0.6 is 0 Å². The van der Waals surface area contributed by atoms with Crippen molar-refractivity contribution in [1.29, 1.82) is 0 Å². The van der Waals surface area contributed by atoms with Gasteiger partial charge in [-0.15, -0.1) is 0 Å². The van der Waals surface area contributed by atoms with Gasteiger partial charge in [0.25, 0.3) is 0 Å². The maximum atomic E-state index is 9.59. The summed E-state index contributed by atoms with van der Waals surface area (Å²) >= 11 is 0. The molecule has 0 amide bonds. The van der Waals surface area contributed by atoms with Crippen molar-refractivity contribution in [3.05, 3.63) is 0 Å². The summed E-state index contributed by atoms with van der Waals surface area (Å²) in [7, 11) is 1.35. The first-order valence-electron chi connectivity index (χ1n) is 3.72. The molecule has 0 aliphatic carbocycles. The van der Waals surface area contributed by atoms with E-state index in [1.54, 1.807) is 0 Å². The third kappa shape index (κ3) is 2280. The maximum absolute atomic E-state index is 9.59. The molecule has 0 bridgehead atoms. The van der Waals surface area contributed by atoms with E-state index in [-0.39, 0.29) is 32.4 Å². The molecule has 0 spiro atoms. The van der Waals surface area contributed by atoms with E-state index in [2.05, 4.69) is 4.74 Å². The minimum atomic E-state index is -0.245. The van der Waals surface area contributed by atoms with Crippen molar-refractivity contribution < 1.29 is 19.1 Å². The van der Waals surface area contributed by atoms with Crippen molar-refractivity contribution >= 4 is 17.5 Å². The molecule has 0 aromatic heterocycles. The average Bonchev–Trinajstić information content (AvgIpc) is 1.84. The third-order valence-corrected chi connectivity index (χ3v) is 0.287. The fourth-order valence-corrected chi connectivity index (χ4v) is 0. The molecule has 0 aliphatic rings. The lowest BCUT2D eigenvalue weighted by atomic mass is 10.6. The highest BCUT2D eigenvalue weighted by molar-refractivity contribution is 5.72. The highest BCUT2D eigenvalue weighted by Crippen LogP contribution is 1.60. The molecule has 0 rings (SSSR count). The second-order valence-corrected chi connectivity index (χ2v) is 2.51. The number of esters is 1. The number of methoxy groups -OCH3 is 1. The Bertz CT molecular complexity index is 142. The van der Waals surface area contributed by atoms with Crippen LogP contribution in [0.2, 0.25) is 0 Å². The van der Waals surface area contributed by atoms with Gasteiger partial charge in [-0.1, -0.05) is 14.9 Å². The summed E-state index contributed by atoms with van der Waals surface area (Å²) in [6, 6.07) is 0. The van der Waals surface area contributed by atoms with Gasteiger partial charge in [-0.05, 0) is 27.7 Å². The zero-order chi connectivity index (χ0) is 11.4. The van der Waals surface area contributed by atoms with Gasteiger partial charge >= 0.3 is 5.97 Å². The molecule has 0 aromatic carbocycles. The lowest BCUT2D eigenvalue weighted by molar-refractivity contribution is -0.138. The Kier molecular flexibility index (Phi) is 44.8. The first-order valence-corrected chi connectivity index (χ1v) is 3.72. The van der Waals surface area contributed by atoms with E-state index in [4.69, 9.17) is 0 Å². The summed E-state index contributed by atoms with van der Waals surface area (Å²) in [5.41, 5.74) is 0. The van der Waals surface area contributed by atoms with Crippen molar-refractivity contribution in [3.8, 4) is 0 Å². The summed E-state index contributed by atoms with van der Waals surface area (Å²) in [6.45, 7) is 7.47. The van der Waals surface area contributed by atoms with Crippen molar-refractivity contribution in [2.75, 3.05) is 7.11 Å². The fourth-order valence-electron chi connectivity index (χ4n) is 0. The van der Waals surface area contributed by atoms with E-state index < -0.39 is 0 Å². The van der Waals surface area contributed by atoms with Gasteiger partial charge in [-0.2, -0.15) is 0 Å². The SMILES string of the molecule is C.C.CC(C)=O.CC(C)=O.COC(C)=O. The van der Waals surface area contributed by atoms with Crippen LogP contribution in [0.1, 0.15) is 49.5 Å². The third-order valence-electron chi connectivity index (χ3n) is 0.287. The van der Waals surface area contributed by atoms with Crippen LogP contribution in [-0.2, 0) is 19.1 Å². The van der Waals surface area contributed by atoms with Gasteiger partial charge in [0.2, 0.25) is 0 Å². The Morgan fingerprint density at radius 3 is 0.800 bits per heavy atom. The van der Waals surface area contributed by atoms with Crippen LogP contribution in [0.5, 0.6) is 0 Å². The van der Waals surface area contributed by atoms with Crippen molar-refractivity contribution in [2.24, 2.45) is 0 Å². The lowest BCUT2D eigenvalue weighted by Gasteiger charge is -1.80. The average molecular weight is 222 g/mol. The molecule has 94 valence electrons. The first kappa shape index (κ1) is 29.2. The predicted octanol–water partition coefficient (Wildman–Crippen LogP) is 2.64. The molecule has 4 nitrogen and oxygen atoms in total. The molecule has 0 N–H and O–H groups in total. The predicted molar refractivity (Wildman–Crippen MR) is 63.9 cm³/mol. The molecular formula is C11H26O4. The summed E-state index contributed by atoms with van der Waals surface area (Å²) in [5, 5.41) is 0. The zero-order valence-electron chi connectivity index (χ0n) is 9.13. The Morgan fingerprint density at radius 2 is 0.800 bits per heavy atom. The molecule has 0 unspecified atom stereocenters. The van der Waals surface area contributed by atoms with E-state index in [0.29, 0.717) is 0 Å². The van der Waals surface area contributed by atoms with E-state index in [1.807, 2.05) is 0 Å². The number of ether oxygens (including phenoxy) is 1. The minimum Gasteiger partial charge on any atom is -0.469 e. The fraction of sp³-hybridized carbons (Fsp3) is 0.727. The van der Waals surface area contributed by atoms with Gasteiger partial charge in [0.15, 0.2) is 0 Å². The number of carbonyl (C=O) groups excluding carboxylic acids is 3. The van der Waals surface area contributed by atoms with E-state index in [0.717, 1.165) is 0 Å². The first-order chi connectivity index (χ1) is 5.73. The minimum absolute atomic E-state index is 0. The van der Waals surface area contributed by atoms with Crippen LogP contribution in [0.4, 0.5) is 0 Å². The van der Waals surface area contributed by atoms with Gasteiger partial charge in [0.1, 0.15) is 11.6 Å². The van der Waals surface area contributed by atoms with Crippen molar-refractivity contribution in [1.82, 2.24) is 0 Å². The number of carbonyl (C=O) groups is 3. The molecule has 15 heavy (non-hydrogen) atoms. The van der Waals surface area contributed by atoms with Crippen LogP contribution in [0.15, 0.2) is 0 Å². The molecule has 4 heteroatoms. The lowest BCUT2D eigenvalue weighted by Crippen LogP contribution is -1.88. The van der Waals surface area contributed by atoms with Gasteiger partial charge in [0, 0.05) is 6.92 Å². The van der Waals surface area contributed by atoms with Gasteiger partial charge in [-0.25, -0.2) is 0 Å². The van der Waals surface area contributed by atoms with Crippen LogP contribution < -0.4 is 0 Å². The number of hydrogen-bond acceptors (Lipinski definition) is 4. The van der Waals surface area contributed by atoms with Gasteiger partial charge in [-0.3, -0.25) is 4.79 Å². The van der Waals surface area contributed by atoms with Crippen LogP contribution in [0.3, 0.4) is 0 Å². The quantitative estimate of drug-likeness (QED) is 0.591. The van der Waals surface area contributed by atoms with E-state index in [1.165, 1.54) is 41.7 Å². The summed E-state index contributed by atoms with van der Waals surface area (Å²) < 4.78 is 4.11. The van der Waals surface area contributed by atoms with Crippen molar-refractivity contribution in [2.45, 2.75) is 49.5 Å². The van der Waals surface area contributed by atoms with Gasteiger partial charge in [0.05, 0.1) is 7.11 Å². The number of ketones is 2. The summed E-state index contributed by atoms with van der Waals surface area (Å²) in [5.74, 6) is 0.0880. The number of rotatable bonds is 0. The molecule has 0 aromatic rings. The Hall–Kier alpha value is -1.19. The zero-order valence-corrected chi connectivity index (χ0v) is 9.13. The normalized spacial score (nSPS) is 5.73. The molecule has 0 aliphatic heterocycles. The Labute approximate surface area is 94.0 Å². The van der Waals surface area contributed by atoms with Crippen LogP contribution in [0.25, 0.3) is 0 Å². The standard InChI is InChI=1S/C3H6O2.2C3H6O.2CH4/c1-3(4)5-2;2*1-3(2)4;;/h1-2H3;2*1-2H3;2*1H4. The molecule has 0 saturated heterocycles. The second-order valence-electron chi connectivity index (χ2n) is 2.51. The molecule has 0 radical (unpaired) electrons. The molecular weight excluding hydrogens is 196 g/mol. The van der Waals surface area contributed by atoms with Crippen LogP contribution in [-0.4, -0.2) is 24.6 Å². The summed E-state index contributed by atoms with van der Waals surface area (Å²) in [6.07, 6.45) is 0. The highest BCUT2D eigenvalue weighted by Gasteiger charge is 1.75. The monoisotopic (exact) mass is 222 g/mol. The Balaban J connectivity index is -0.0000000315. The maximum Gasteiger partial charge on any atom is 0.302 e. The second kappa shape index (κ2) is 23.0. The number of Topliss-reactive ketones (excluding diaryl/α,β-unsaturated/α-hetero) is 2.